The van der Waals surface area contributed by atoms with E-state index in [2.05, 4.69) is 9.98 Å². The number of amides is 1. The molecule has 1 amide bonds. The van der Waals surface area contributed by atoms with E-state index in [9.17, 15) is 9.18 Å². The molecule has 144 valence electrons. The topological polar surface area (TPSA) is 90.0 Å². The number of fused-ring (bicyclic) bond motifs is 4. The van der Waals surface area contributed by atoms with Crippen molar-refractivity contribution in [3.8, 4) is 16.9 Å². The SMILES string of the molecule is CN1C(=O)[C@]2(N=C1N)c1cc(-c3cccnc3F)ccc1OC1CCOCC12. The molecular weight excluding hydrogens is 363 g/mol. The molecular formula is C20H19FN4O3. The lowest BCUT2D eigenvalue weighted by atomic mass is 9.71. The summed E-state index contributed by atoms with van der Waals surface area (Å²) < 4.78 is 26.1. The summed E-state index contributed by atoms with van der Waals surface area (Å²) in [6.07, 6.45) is 1.86. The van der Waals surface area contributed by atoms with Crippen molar-refractivity contribution in [3.05, 3.63) is 48.0 Å². The molecule has 1 spiro atoms. The van der Waals surface area contributed by atoms with E-state index < -0.39 is 11.5 Å². The number of likely N-dealkylation sites (N-methyl/N-ethyl adjacent to an activating group) is 1. The molecule has 5 rings (SSSR count). The standard InChI is InChI=1S/C20H19FN4O3/c1-25-18(26)20(24-19(25)22)13-9-11(12-3-2-7-23-17(12)21)4-5-15(13)28-16-6-8-27-10-14(16)20/h2-5,7,9,14,16H,6,8,10H2,1H3,(H2,22,24)/t14?,16?,20-/m0/s1. The van der Waals surface area contributed by atoms with E-state index in [4.69, 9.17) is 15.2 Å². The van der Waals surface area contributed by atoms with Gasteiger partial charge in [-0.05, 0) is 29.8 Å². The normalized spacial score (nSPS) is 28.6. The zero-order valence-corrected chi connectivity index (χ0v) is 15.3. The summed E-state index contributed by atoms with van der Waals surface area (Å²) in [6, 6.07) is 8.60. The minimum atomic E-state index is -1.23. The predicted octanol–water partition coefficient (Wildman–Crippen LogP) is 1.67. The number of carbonyl (C=O) groups excluding carboxylic acids is 1. The molecule has 0 saturated carbocycles. The van der Waals surface area contributed by atoms with Crippen LogP contribution in [-0.2, 0) is 15.1 Å². The van der Waals surface area contributed by atoms with Gasteiger partial charge in [0.1, 0.15) is 11.9 Å². The van der Waals surface area contributed by atoms with Crippen molar-refractivity contribution >= 4 is 11.9 Å². The van der Waals surface area contributed by atoms with E-state index in [-0.39, 0.29) is 23.9 Å². The first kappa shape index (κ1) is 17.1. The van der Waals surface area contributed by atoms with Gasteiger partial charge in [0.2, 0.25) is 5.95 Å². The van der Waals surface area contributed by atoms with E-state index in [0.29, 0.717) is 42.1 Å². The number of hydrogen-bond donors (Lipinski definition) is 1. The Balaban J connectivity index is 1.74. The zero-order valence-electron chi connectivity index (χ0n) is 15.3. The molecule has 0 bridgehead atoms. The van der Waals surface area contributed by atoms with Crippen LogP contribution in [0.2, 0.25) is 0 Å². The Morgan fingerprint density at radius 1 is 1.36 bits per heavy atom. The first-order chi connectivity index (χ1) is 13.5. The molecule has 4 heterocycles. The van der Waals surface area contributed by atoms with Gasteiger partial charge < -0.3 is 15.2 Å². The zero-order chi connectivity index (χ0) is 19.5. The van der Waals surface area contributed by atoms with Crippen LogP contribution < -0.4 is 10.5 Å². The fourth-order valence-electron chi connectivity index (χ4n) is 4.39. The number of nitrogens with two attached hydrogens (primary N) is 1. The summed E-state index contributed by atoms with van der Waals surface area (Å²) in [5.74, 6) is -0.390. The van der Waals surface area contributed by atoms with Gasteiger partial charge in [-0.25, -0.2) is 9.98 Å². The highest BCUT2D eigenvalue weighted by Crippen LogP contribution is 2.51. The second kappa shape index (κ2) is 6.00. The molecule has 1 saturated heterocycles. The van der Waals surface area contributed by atoms with Crippen LogP contribution in [0.15, 0.2) is 41.5 Å². The van der Waals surface area contributed by atoms with E-state index in [1.54, 1.807) is 37.4 Å². The maximum Gasteiger partial charge on any atom is 0.262 e. The van der Waals surface area contributed by atoms with Gasteiger partial charge in [-0.3, -0.25) is 9.69 Å². The Hall–Kier alpha value is -3.00. The number of hydrogen-bond acceptors (Lipinski definition) is 6. The molecule has 2 N–H and O–H groups in total. The van der Waals surface area contributed by atoms with Gasteiger partial charge in [-0.2, -0.15) is 4.39 Å². The average molecular weight is 382 g/mol. The van der Waals surface area contributed by atoms with Crippen molar-refractivity contribution in [1.29, 1.82) is 0 Å². The van der Waals surface area contributed by atoms with Gasteiger partial charge in [0, 0.05) is 30.8 Å². The number of rotatable bonds is 1. The molecule has 1 aromatic carbocycles. The minimum Gasteiger partial charge on any atom is -0.489 e. The Labute approximate surface area is 161 Å². The number of aromatic nitrogens is 1. The molecule has 8 heteroatoms. The fourth-order valence-corrected chi connectivity index (χ4v) is 4.39. The maximum atomic E-state index is 14.3. The van der Waals surface area contributed by atoms with Crippen molar-refractivity contribution in [2.45, 2.75) is 18.1 Å². The number of aliphatic imine (C=N–C) groups is 1. The van der Waals surface area contributed by atoms with Crippen molar-refractivity contribution in [2.75, 3.05) is 20.3 Å². The van der Waals surface area contributed by atoms with E-state index in [1.807, 2.05) is 0 Å². The third-order valence-electron chi connectivity index (χ3n) is 5.83. The first-order valence-electron chi connectivity index (χ1n) is 9.15. The monoisotopic (exact) mass is 382 g/mol. The number of nitrogens with zero attached hydrogens (tertiary/aromatic N) is 3. The quantitative estimate of drug-likeness (QED) is 0.758. The van der Waals surface area contributed by atoms with Crippen LogP contribution in [-0.4, -0.2) is 48.1 Å². The number of carbonyl (C=O) groups is 1. The van der Waals surface area contributed by atoms with Crippen molar-refractivity contribution in [2.24, 2.45) is 16.6 Å². The molecule has 1 fully saturated rings. The highest BCUT2D eigenvalue weighted by molar-refractivity contribution is 6.07. The van der Waals surface area contributed by atoms with E-state index in [1.165, 1.54) is 11.1 Å². The van der Waals surface area contributed by atoms with Crippen LogP contribution in [0.3, 0.4) is 0 Å². The average Bonchev–Trinajstić information content (AvgIpc) is 2.93. The number of guanidine groups is 1. The summed E-state index contributed by atoms with van der Waals surface area (Å²) in [5, 5.41) is 0. The maximum absolute atomic E-state index is 14.3. The number of halogens is 1. The molecule has 2 unspecified atom stereocenters. The highest BCUT2D eigenvalue weighted by Gasteiger charge is 2.60. The number of ether oxygens (including phenoxy) is 2. The van der Waals surface area contributed by atoms with Gasteiger partial charge in [0.15, 0.2) is 11.5 Å². The van der Waals surface area contributed by atoms with Crippen LogP contribution in [0.25, 0.3) is 11.1 Å². The largest absolute Gasteiger partial charge is 0.489 e. The van der Waals surface area contributed by atoms with Crippen LogP contribution in [0.4, 0.5) is 4.39 Å². The summed E-state index contributed by atoms with van der Waals surface area (Å²) in [6.45, 7) is 0.904. The van der Waals surface area contributed by atoms with E-state index in [0.717, 1.165) is 0 Å². The molecule has 0 aliphatic carbocycles. The summed E-state index contributed by atoms with van der Waals surface area (Å²) >= 11 is 0. The van der Waals surface area contributed by atoms with Gasteiger partial charge in [-0.15, -0.1) is 0 Å². The number of benzene rings is 1. The van der Waals surface area contributed by atoms with Crippen molar-refractivity contribution in [3.63, 3.8) is 0 Å². The third-order valence-corrected chi connectivity index (χ3v) is 5.83. The molecule has 2 aromatic rings. The molecule has 28 heavy (non-hydrogen) atoms. The molecule has 3 aliphatic heterocycles. The smallest absolute Gasteiger partial charge is 0.262 e. The van der Waals surface area contributed by atoms with Gasteiger partial charge >= 0.3 is 0 Å². The Morgan fingerprint density at radius 3 is 2.96 bits per heavy atom. The Kier molecular flexibility index (Phi) is 3.67. The lowest BCUT2D eigenvalue weighted by Gasteiger charge is -2.45. The van der Waals surface area contributed by atoms with Crippen LogP contribution >= 0.6 is 0 Å². The van der Waals surface area contributed by atoms with E-state index >= 15 is 0 Å². The summed E-state index contributed by atoms with van der Waals surface area (Å²) in [5.41, 5.74) is 6.32. The van der Waals surface area contributed by atoms with Crippen molar-refractivity contribution in [1.82, 2.24) is 9.88 Å². The Bertz CT molecular complexity index is 1010. The third kappa shape index (κ3) is 2.21. The van der Waals surface area contributed by atoms with Crippen LogP contribution in [0.5, 0.6) is 5.75 Å². The van der Waals surface area contributed by atoms with Gasteiger partial charge in [0.25, 0.3) is 5.91 Å². The highest BCUT2D eigenvalue weighted by atomic mass is 19.1. The first-order valence-corrected chi connectivity index (χ1v) is 9.15. The molecule has 1 aromatic heterocycles. The molecule has 3 atom stereocenters. The molecule has 7 nitrogen and oxygen atoms in total. The minimum absolute atomic E-state index is 0.153. The van der Waals surface area contributed by atoms with Crippen molar-refractivity contribution < 1.29 is 18.7 Å². The summed E-state index contributed by atoms with van der Waals surface area (Å²) in [4.78, 5) is 23.1. The predicted molar refractivity (Wildman–Crippen MR) is 99.0 cm³/mol. The second-order valence-electron chi connectivity index (χ2n) is 7.28. The fraction of sp³-hybridized carbons (Fsp3) is 0.350. The second-order valence-corrected chi connectivity index (χ2v) is 7.28. The molecule has 0 radical (unpaired) electrons. The van der Waals surface area contributed by atoms with Gasteiger partial charge in [0.05, 0.1) is 19.1 Å². The number of pyridine rings is 1. The lowest BCUT2D eigenvalue weighted by molar-refractivity contribution is -0.141. The van der Waals surface area contributed by atoms with Crippen LogP contribution in [0, 0.1) is 11.9 Å². The summed E-state index contributed by atoms with van der Waals surface area (Å²) in [7, 11) is 1.61. The van der Waals surface area contributed by atoms with Crippen LogP contribution in [0.1, 0.15) is 12.0 Å². The van der Waals surface area contributed by atoms with Gasteiger partial charge in [-0.1, -0.05) is 6.07 Å². The molecule has 3 aliphatic rings. The lowest BCUT2D eigenvalue weighted by Crippen LogP contribution is -2.56. The Morgan fingerprint density at radius 2 is 2.21 bits per heavy atom.